The van der Waals surface area contributed by atoms with Gasteiger partial charge in [-0.2, -0.15) is 5.10 Å². The summed E-state index contributed by atoms with van der Waals surface area (Å²) in [6, 6.07) is 11.2. The number of fused-ring (bicyclic) bond motifs is 1. The number of rotatable bonds is 4. The Morgan fingerprint density at radius 2 is 1.97 bits per heavy atom. The molecule has 1 unspecified atom stereocenters. The van der Waals surface area contributed by atoms with Gasteiger partial charge in [-0.25, -0.2) is 14.6 Å². The Kier molecular flexibility index (Phi) is 4.44. The topological polar surface area (TPSA) is 89.7 Å². The van der Waals surface area contributed by atoms with Crippen molar-refractivity contribution in [3.8, 4) is 11.3 Å². The molecule has 0 saturated carbocycles. The van der Waals surface area contributed by atoms with Gasteiger partial charge in [0.05, 0.1) is 18.3 Å². The Labute approximate surface area is 166 Å². The average Bonchev–Trinajstić information content (AvgIpc) is 3.24. The molecule has 144 valence electrons. The molecular formula is C21H19N7O. The van der Waals surface area contributed by atoms with Crippen molar-refractivity contribution in [1.29, 1.82) is 0 Å². The lowest BCUT2D eigenvalue weighted by Gasteiger charge is -2.26. The normalized spacial score (nSPS) is 16.4. The van der Waals surface area contributed by atoms with Crippen molar-refractivity contribution < 1.29 is 0 Å². The zero-order valence-electron chi connectivity index (χ0n) is 15.7. The lowest BCUT2D eigenvalue weighted by atomic mass is 10.2. The minimum absolute atomic E-state index is 0.109. The fraction of sp³-hybridized carbons (Fsp3) is 0.238. The van der Waals surface area contributed by atoms with Crippen LogP contribution in [0.2, 0.25) is 0 Å². The van der Waals surface area contributed by atoms with Crippen molar-refractivity contribution in [3.05, 3.63) is 71.5 Å². The maximum Gasteiger partial charge on any atom is 0.266 e. The van der Waals surface area contributed by atoms with Crippen LogP contribution in [0.5, 0.6) is 0 Å². The summed E-state index contributed by atoms with van der Waals surface area (Å²) in [6.07, 6.45) is 8.80. The molecule has 8 heteroatoms. The van der Waals surface area contributed by atoms with E-state index in [0.717, 1.165) is 42.0 Å². The van der Waals surface area contributed by atoms with Gasteiger partial charge in [0.15, 0.2) is 5.65 Å². The van der Waals surface area contributed by atoms with Crippen LogP contribution in [0.4, 0.5) is 5.82 Å². The maximum atomic E-state index is 12.4. The highest BCUT2D eigenvalue weighted by atomic mass is 16.1. The van der Waals surface area contributed by atoms with Crippen molar-refractivity contribution in [3.63, 3.8) is 0 Å². The molecule has 0 radical (unpaired) electrons. The second kappa shape index (κ2) is 7.38. The predicted octanol–water partition coefficient (Wildman–Crippen LogP) is 2.31. The third kappa shape index (κ3) is 3.44. The van der Waals surface area contributed by atoms with Gasteiger partial charge in [-0.1, -0.05) is 0 Å². The van der Waals surface area contributed by atoms with Gasteiger partial charge in [0, 0.05) is 43.0 Å². The molecule has 5 rings (SSSR count). The molecule has 1 fully saturated rings. The van der Waals surface area contributed by atoms with Crippen molar-refractivity contribution >= 4 is 17.0 Å². The first-order chi connectivity index (χ1) is 14.3. The monoisotopic (exact) mass is 385 g/mol. The number of anilines is 1. The van der Waals surface area contributed by atoms with E-state index < -0.39 is 0 Å². The number of hydrogen-bond donors (Lipinski definition) is 0. The molecule has 8 nitrogen and oxygen atoms in total. The van der Waals surface area contributed by atoms with E-state index in [4.69, 9.17) is 0 Å². The second-order valence-electron chi connectivity index (χ2n) is 7.04. The van der Waals surface area contributed by atoms with Crippen LogP contribution >= 0.6 is 0 Å². The second-order valence-corrected chi connectivity index (χ2v) is 7.04. The Hall–Kier alpha value is -3.68. The van der Waals surface area contributed by atoms with Gasteiger partial charge in [0.2, 0.25) is 0 Å². The molecule has 0 aromatic carbocycles. The standard InChI is InChI=1S/C21H19N7O/c29-20-8-6-17(15-3-1-9-22-13-15)26-28(20)14-16-4-2-12-27(16)19-7-5-18-21(25-19)24-11-10-23-18/h1,3,5-11,13,16H,2,4,12,14H2. The summed E-state index contributed by atoms with van der Waals surface area (Å²) in [6.45, 7) is 1.40. The van der Waals surface area contributed by atoms with Crippen LogP contribution < -0.4 is 10.5 Å². The quantitative estimate of drug-likeness (QED) is 0.532. The molecule has 0 aliphatic carbocycles. The van der Waals surface area contributed by atoms with Gasteiger partial charge in [-0.05, 0) is 43.2 Å². The summed E-state index contributed by atoms with van der Waals surface area (Å²) in [5, 5.41) is 4.58. The van der Waals surface area contributed by atoms with E-state index in [1.165, 1.54) is 0 Å². The number of nitrogens with zero attached hydrogens (tertiary/aromatic N) is 7. The molecule has 0 N–H and O–H groups in total. The van der Waals surface area contributed by atoms with Crippen LogP contribution in [-0.2, 0) is 6.54 Å². The SMILES string of the molecule is O=c1ccc(-c2cccnc2)nn1CC1CCCN1c1ccc2nccnc2n1. The molecule has 1 aliphatic heterocycles. The van der Waals surface area contributed by atoms with Gasteiger partial charge in [-0.15, -0.1) is 0 Å². The molecule has 4 aromatic rings. The van der Waals surface area contributed by atoms with Crippen LogP contribution in [0.15, 0.2) is 66.0 Å². The smallest absolute Gasteiger partial charge is 0.266 e. The summed E-state index contributed by atoms with van der Waals surface area (Å²) in [7, 11) is 0. The third-order valence-electron chi connectivity index (χ3n) is 5.20. The minimum atomic E-state index is -0.109. The highest BCUT2D eigenvalue weighted by Crippen LogP contribution is 2.26. The fourth-order valence-electron chi connectivity index (χ4n) is 3.78. The van der Waals surface area contributed by atoms with Crippen LogP contribution in [0, 0.1) is 0 Å². The van der Waals surface area contributed by atoms with Gasteiger partial charge in [0.1, 0.15) is 11.3 Å². The Bertz CT molecular complexity index is 1210. The van der Waals surface area contributed by atoms with E-state index in [1.807, 2.05) is 24.3 Å². The first kappa shape index (κ1) is 17.4. The Morgan fingerprint density at radius 1 is 1.03 bits per heavy atom. The Balaban J connectivity index is 1.44. The van der Waals surface area contributed by atoms with E-state index in [-0.39, 0.29) is 11.6 Å². The van der Waals surface area contributed by atoms with Crippen molar-refractivity contribution in [2.75, 3.05) is 11.4 Å². The summed E-state index contributed by atoms with van der Waals surface area (Å²) >= 11 is 0. The van der Waals surface area contributed by atoms with E-state index in [1.54, 1.807) is 41.6 Å². The van der Waals surface area contributed by atoms with Gasteiger partial charge < -0.3 is 4.90 Å². The third-order valence-corrected chi connectivity index (χ3v) is 5.20. The molecular weight excluding hydrogens is 366 g/mol. The van der Waals surface area contributed by atoms with Crippen molar-refractivity contribution in [2.45, 2.75) is 25.4 Å². The van der Waals surface area contributed by atoms with E-state index in [0.29, 0.717) is 12.2 Å². The van der Waals surface area contributed by atoms with E-state index in [2.05, 4.69) is 29.9 Å². The van der Waals surface area contributed by atoms with Crippen molar-refractivity contribution in [2.24, 2.45) is 0 Å². The molecule has 1 saturated heterocycles. The first-order valence-corrected chi connectivity index (χ1v) is 9.61. The summed E-state index contributed by atoms with van der Waals surface area (Å²) in [4.78, 5) is 32.1. The molecule has 0 spiro atoms. The number of pyridine rings is 2. The van der Waals surface area contributed by atoms with Crippen LogP contribution in [0.1, 0.15) is 12.8 Å². The minimum Gasteiger partial charge on any atom is -0.352 e. The lowest BCUT2D eigenvalue weighted by Crippen LogP contribution is -2.37. The molecule has 1 atom stereocenters. The van der Waals surface area contributed by atoms with Gasteiger partial charge in [-0.3, -0.25) is 14.8 Å². The van der Waals surface area contributed by atoms with Gasteiger partial charge >= 0.3 is 0 Å². The van der Waals surface area contributed by atoms with E-state index in [9.17, 15) is 4.79 Å². The average molecular weight is 385 g/mol. The number of aromatic nitrogens is 6. The molecule has 5 heterocycles. The highest BCUT2D eigenvalue weighted by molar-refractivity contribution is 5.71. The van der Waals surface area contributed by atoms with Crippen LogP contribution in [-0.4, -0.2) is 42.3 Å². The molecule has 4 aromatic heterocycles. The maximum absolute atomic E-state index is 12.4. The molecule has 29 heavy (non-hydrogen) atoms. The van der Waals surface area contributed by atoms with Crippen molar-refractivity contribution in [1.82, 2.24) is 29.7 Å². The molecule has 1 aliphatic rings. The first-order valence-electron chi connectivity index (χ1n) is 9.61. The summed E-state index contributed by atoms with van der Waals surface area (Å²) < 4.78 is 1.55. The van der Waals surface area contributed by atoms with Crippen LogP contribution in [0.25, 0.3) is 22.4 Å². The molecule has 0 bridgehead atoms. The fourth-order valence-corrected chi connectivity index (χ4v) is 3.78. The zero-order valence-corrected chi connectivity index (χ0v) is 15.7. The largest absolute Gasteiger partial charge is 0.352 e. The van der Waals surface area contributed by atoms with Gasteiger partial charge in [0.25, 0.3) is 5.56 Å². The Morgan fingerprint density at radius 3 is 2.86 bits per heavy atom. The predicted molar refractivity (Wildman–Crippen MR) is 109 cm³/mol. The van der Waals surface area contributed by atoms with E-state index >= 15 is 0 Å². The number of hydrogen-bond acceptors (Lipinski definition) is 7. The summed E-state index contributed by atoms with van der Waals surface area (Å²) in [5.74, 6) is 0.858. The lowest BCUT2D eigenvalue weighted by molar-refractivity contribution is 0.489. The zero-order chi connectivity index (χ0) is 19.6. The summed E-state index contributed by atoms with van der Waals surface area (Å²) in [5.41, 5.74) is 2.92. The van der Waals surface area contributed by atoms with Crippen LogP contribution in [0.3, 0.4) is 0 Å². The molecule has 0 amide bonds. The highest BCUT2D eigenvalue weighted by Gasteiger charge is 2.27.